The molecule has 336 valence electrons. The summed E-state index contributed by atoms with van der Waals surface area (Å²) in [5.41, 5.74) is 11.3. The maximum Gasteiger partial charge on any atom is 0.262 e. The zero-order valence-electron chi connectivity index (χ0n) is 36.4. The minimum atomic E-state index is -1.000. The molecule has 4 amide bonds. The fraction of sp³-hybridized carbons (Fsp3) is 0.447. The standard InChI is InChI=1S/C47H57N11O6/c1-4-21-56-43(61)34(5-2)41(58(56)38-15-7-29-17-20-47(64,6-3)40(29)50-38)52-46(48)49-30-8-10-31(11-9-30)53-22-18-32(19-23-53)54-24-26-55(27-25-54)33-12-13-35-36(28-33)45(63)57(44(35)62)37-14-16-39(59)51-42(37)60/h4-5,7-13,15,28,32,37,43,46,49,61,64H,1,6,14,16-27,48H2,2-3H3,(H,51,59,60)/b34-5+,52-41+/t37?,43?,46?,47-/m1/s1. The smallest absolute Gasteiger partial charge is 0.262 e. The number of piperidine rings is 2. The van der Waals surface area contributed by atoms with Crippen LogP contribution in [0.15, 0.2) is 83.9 Å². The van der Waals surface area contributed by atoms with Crippen LogP contribution in [-0.4, -0.2) is 130 Å². The Morgan fingerprint density at radius 3 is 2.33 bits per heavy atom. The first kappa shape index (κ1) is 43.3. The molecule has 5 aliphatic heterocycles. The van der Waals surface area contributed by atoms with Crippen molar-refractivity contribution >= 4 is 52.3 Å². The van der Waals surface area contributed by atoms with E-state index in [1.165, 1.54) is 0 Å². The van der Waals surface area contributed by atoms with Crippen molar-refractivity contribution in [2.75, 3.05) is 65.9 Å². The van der Waals surface area contributed by atoms with Crippen molar-refractivity contribution in [1.82, 2.24) is 25.1 Å². The maximum absolute atomic E-state index is 13.4. The number of nitrogens with two attached hydrogens (primary N) is 1. The van der Waals surface area contributed by atoms with E-state index in [0.717, 1.165) is 86.1 Å². The van der Waals surface area contributed by atoms with Crippen LogP contribution in [0.25, 0.3) is 0 Å². The number of aliphatic hydroxyl groups is 2. The molecule has 0 bridgehead atoms. The number of allylic oxidation sites excluding steroid dienone is 1. The van der Waals surface area contributed by atoms with Gasteiger partial charge in [-0.2, -0.15) is 5.01 Å². The van der Waals surface area contributed by atoms with E-state index >= 15 is 0 Å². The number of pyridine rings is 1. The van der Waals surface area contributed by atoms with E-state index in [4.69, 9.17) is 15.7 Å². The van der Waals surface area contributed by atoms with Gasteiger partial charge in [-0.1, -0.05) is 25.1 Å². The summed E-state index contributed by atoms with van der Waals surface area (Å²) in [6.45, 7) is 13.2. The van der Waals surface area contributed by atoms with Crippen molar-refractivity contribution in [3.63, 3.8) is 0 Å². The van der Waals surface area contributed by atoms with Crippen LogP contribution >= 0.6 is 0 Å². The van der Waals surface area contributed by atoms with Gasteiger partial charge in [0.15, 0.2) is 18.4 Å². The van der Waals surface area contributed by atoms with Crippen LogP contribution in [0.2, 0.25) is 0 Å². The van der Waals surface area contributed by atoms with E-state index in [-0.39, 0.29) is 18.4 Å². The van der Waals surface area contributed by atoms with Crippen LogP contribution in [0.3, 0.4) is 0 Å². The number of anilines is 4. The lowest BCUT2D eigenvalue weighted by Crippen LogP contribution is -2.54. The number of amides is 4. The largest absolute Gasteiger partial charge is 0.384 e. The van der Waals surface area contributed by atoms with Crippen molar-refractivity contribution in [3.05, 3.63) is 101 Å². The molecule has 4 atom stereocenters. The number of rotatable bonds is 11. The van der Waals surface area contributed by atoms with Crippen molar-refractivity contribution < 1.29 is 29.4 Å². The van der Waals surface area contributed by atoms with E-state index < -0.39 is 47.8 Å². The zero-order chi connectivity index (χ0) is 44.9. The molecule has 3 aromatic rings. The number of imide groups is 2. The third-order valence-electron chi connectivity index (χ3n) is 13.8. The Morgan fingerprint density at radius 2 is 1.64 bits per heavy atom. The quantitative estimate of drug-likeness (QED) is 0.107. The lowest BCUT2D eigenvalue weighted by Gasteiger charge is -2.44. The first-order valence-electron chi connectivity index (χ1n) is 22.5. The number of nitrogens with zero attached hydrogens (tertiary/aromatic N) is 8. The molecule has 2 aromatic carbocycles. The summed E-state index contributed by atoms with van der Waals surface area (Å²) in [7, 11) is 0. The van der Waals surface area contributed by atoms with Gasteiger partial charge in [-0.05, 0) is 99.5 Å². The summed E-state index contributed by atoms with van der Waals surface area (Å²) in [6.07, 6.45) is 5.89. The van der Waals surface area contributed by atoms with Gasteiger partial charge in [0.05, 0.1) is 16.8 Å². The van der Waals surface area contributed by atoms with Gasteiger partial charge in [0.1, 0.15) is 17.5 Å². The maximum atomic E-state index is 13.4. The molecular formula is C47H57N11O6. The second-order valence-electron chi connectivity index (χ2n) is 17.4. The average molecular weight is 872 g/mol. The zero-order valence-corrected chi connectivity index (χ0v) is 36.4. The number of carbonyl (C=O) groups excluding carboxylic acids is 4. The third-order valence-corrected chi connectivity index (χ3v) is 13.8. The van der Waals surface area contributed by atoms with E-state index in [1.54, 1.807) is 28.2 Å². The number of piperazine rings is 1. The third kappa shape index (κ3) is 7.85. The monoisotopic (exact) mass is 871 g/mol. The number of amidine groups is 1. The fourth-order valence-electron chi connectivity index (χ4n) is 10.2. The normalized spacial score (nSPS) is 26.3. The van der Waals surface area contributed by atoms with Gasteiger partial charge in [-0.25, -0.2) is 15.0 Å². The molecule has 0 saturated carbocycles. The number of hydrazine groups is 1. The number of hydrogen-bond donors (Lipinski definition) is 5. The van der Waals surface area contributed by atoms with E-state index in [1.807, 2.05) is 50.3 Å². The highest BCUT2D eigenvalue weighted by atomic mass is 16.3. The van der Waals surface area contributed by atoms with Gasteiger partial charge >= 0.3 is 0 Å². The minimum absolute atomic E-state index is 0.0859. The first-order valence-corrected chi connectivity index (χ1v) is 22.5. The summed E-state index contributed by atoms with van der Waals surface area (Å²) in [6, 6.07) is 16.9. The summed E-state index contributed by atoms with van der Waals surface area (Å²) < 4.78 is 0. The van der Waals surface area contributed by atoms with Crippen LogP contribution in [0.5, 0.6) is 0 Å². The molecule has 4 fully saturated rings. The molecule has 9 rings (SSSR count). The predicted molar refractivity (Wildman–Crippen MR) is 244 cm³/mol. The molecule has 6 aliphatic rings. The fourth-order valence-corrected chi connectivity index (χ4v) is 10.2. The summed E-state index contributed by atoms with van der Waals surface area (Å²) in [5, 5.41) is 31.8. The van der Waals surface area contributed by atoms with Crippen molar-refractivity contribution in [2.24, 2.45) is 10.7 Å². The summed E-state index contributed by atoms with van der Waals surface area (Å²) in [5.74, 6) is -1.00. The van der Waals surface area contributed by atoms with Gasteiger partial charge < -0.3 is 25.3 Å². The van der Waals surface area contributed by atoms with Crippen molar-refractivity contribution in [1.29, 1.82) is 0 Å². The van der Waals surface area contributed by atoms with Crippen LogP contribution in [-0.2, 0) is 21.6 Å². The molecule has 17 nitrogen and oxygen atoms in total. The molecule has 17 heteroatoms. The number of aryl methyl sites for hydroxylation is 1. The Morgan fingerprint density at radius 1 is 0.938 bits per heavy atom. The predicted octanol–water partition coefficient (Wildman–Crippen LogP) is 3.06. The lowest BCUT2D eigenvalue weighted by atomic mass is 9.98. The summed E-state index contributed by atoms with van der Waals surface area (Å²) >= 11 is 0. The Labute approximate surface area is 372 Å². The highest BCUT2D eigenvalue weighted by Gasteiger charge is 2.46. The molecule has 1 aliphatic carbocycles. The minimum Gasteiger partial charge on any atom is -0.384 e. The molecule has 3 unspecified atom stereocenters. The first-order chi connectivity index (χ1) is 30.9. The molecule has 6 N–H and O–H groups in total. The SMILES string of the molecule is C=CCN1C(O)C(=C/C)/C(=N\C(N)Nc2ccc(N3CCC(N4CCN(c5ccc6c(c5)C(=O)N(C5CCC(=O)NC5=O)C6=O)CC4)CC3)cc2)N1c1ccc2c(n1)[C@@](O)(CC)CC2. The summed E-state index contributed by atoms with van der Waals surface area (Å²) in [4.78, 5) is 68.8. The second-order valence-corrected chi connectivity index (χ2v) is 17.4. The second kappa shape index (κ2) is 17.5. The lowest BCUT2D eigenvalue weighted by molar-refractivity contribution is -0.136. The van der Waals surface area contributed by atoms with Gasteiger partial charge in [-0.3, -0.25) is 40.0 Å². The molecule has 64 heavy (non-hydrogen) atoms. The number of aromatic nitrogens is 1. The molecule has 6 heterocycles. The van der Waals surface area contributed by atoms with E-state index in [9.17, 15) is 29.4 Å². The highest BCUT2D eigenvalue weighted by Crippen LogP contribution is 2.40. The number of benzene rings is 2. The Balaban J connectivity index is 0.793. The van der Waals surface area contributed by atoms with Gasteiger partial charge in [0.25, 0.3) is 11.8 Å². The molecule has 1 aromatic heterocycles. The van der Waals surface area contributed by atoms with Crippen LogP contribution < -0.4 is 31.2 Å². The van der Waals surface area contributed by atoms with Crippen molar-refractivity contribution in [3.8, 4) is 0 Å². The average Bonchev–Trinajstić information content (AvgIpc) is 3.87. The van der Waals surface area contributed by atoms with Crippen LogP contribution in [0.1, 0.15) is 84.3 Å². The Bertz CT molecular complexity index is 2410. The van der Waals surface area contributed by atoms with Gasteiger partial charge in [0, 0.05) is 80.9 Å². The number of fused-ring (bicyclic) bond motifs is 2. The topological polar surface area (TPSA) is 204 Å². The van der Waals surface area contributed by atoms with Crippen LogP contribution in [0, 0.1) is 0 Å². The van der Waals surface area contributed by atoms with Gasteiger partial charge in [0.2, 0.25) is 11.8 Å². The molecule has 4 saturated heterocycles. The van der Waals surface area contributed by atoms with Gasteiger partial charge in [-0.15, -0.1) is 6.58 Å². The number of aliphatic hydroxyl groups excluding tert-OH is 1. The Kier molecular flexibility index (Phi) is 11.9. The van der Waals surface area contributed by atoms with E-state index in [0.29, 0.717) is 53.9 Å². The van der Waals surface area contributed by atoms with Crippen molar-refractivity contribution in [2.45, 2.75) is 89.0 Å². The number of hydrogen-bond acceptors (Lipinski definition) is 14. The Hall–Kier alpha value is -5.98. The number of nitrogens with one attached hydrogen (secondary N) is 2. The molecule has 0 spiro atoms. The number of aliphatic imine (C=N–C) groups is 1. The molecule has 0 radical (unpaired) electrons. The van der Waals surface area contributed by atoms with Crippen LogP contribution in [0.4, 0.5) is 22.9 Å². The number of carbonyl (C=O) groups is 4. The highest BCUT2D eigenvalue weighted by molar-refractivity contribution is 6.23. The van der Waals surface area contributed by atoms with E-state index in [2.05, 4.69) is 44.0 Å². The molecular weight excluding hydrogens is 815 g/mol.